The number of hydrogen-bond acceptors (Lipinski definition) is 5. The van der Waals surface area contributed by atoms with Crippen LogP contribution in [0.5, 0.6) is 11.5 Å². The van der Waals surface area contributed by atoms with E-state index in [-0.39, 0.29) is 11.2 Å². The normalized spacial score (nSPS) is 16.2. The maximum absolute atomic E-state index is 12.4. The minimum Gasteiger partial charge on any atom is -0.497 e. The van der Waals surface area contributed by atoms with Crippen LogP contribution >= 0.6 is 11.8 Å². The van der Waals surface area contributed by atoms with E-state index in [0.29, 0.717) is 12.6 Å². The van der Waals surface area contributed by atoms with Gasteiger partial charge in [-0.25, -0.2) is 0 Å². The quantitative estimate of drug-likeness (QED) is 0.663. The summed E-state index contributed by atoms with van der Waals surface area (Å²) in [6, 6.07) is 15.8. The van der Waals surface area contributed by atoms with Crippen molar-refractivity contribution in [1.82, 2.24) is 10.2 Å². The van der Waals surface area contributed by atoms with Gasteiger partial charge in [-0.1, -0.05) is 12.1 Å². The molecule has 5 nitrogen and oxygen atoms in total. The summed E-state index contributed by atoms with van der Waals surface area (Å²) in [6.45, 7) is 4.60. The van der Waals surface area contributed by atoms with E-state index in [1.54, 1.807) is 7.11 Å². The van der Waals surface area contributed by atoms with Gasteiger partial charge < -0.3 is 19.7 Å². The second-order valence-corrected chi connectivity index (χ2v) is 8.83. The summed E-state index contributed by atoms with van der Waals surface area (Å²) in [5.41, 5.74) is 1.07. The minimum atomic E-state index is -0.171. The van der Waals surface area contributed by atoms with Crippen molar-refractivity contribution in [3.05, 3.63) is 54.1 Å². The molecule has 1 N–H and O–H groups in total. The van der Waals surface area contributed by atoms with Crippen LogP contribution in [-0.4, -0.2) is 49.4 Å². The lowest BCUT2D eigenvalue weighted by Crippen LogP contribution is -2.35. The molecule has 156 valence electrons. The summed E-state index contributed by atoms with van der Waals surface area (Å²) in [4.78, 5) is 15.8. The molecule has 1 aliphatic heterocycles. The highest BCUT2D eigenvalue weighted by atomic mass is 32.2. The Bertz CT molecular complexity index is 772. The molecule has 3 rings (SSSR count). The van der Waals surface area contributed by atoms with E-state index in [0.717, 1.165) is 47.9 Å². The van der Waals surface area contributed by atoms with E-state index in [1.165, 1.54) is 11.8 Å². The fraction of sp³-hybridized carbons (Fsp3) is 0.435. The number of methoxy groups -OCH3 is 1. The van der Waals surface area contributed by atoms with Crippen molar-refractivity contribution in [2.45, 2.75) is 42.6 Å². The highest BCUT2D eigenvalue weighted by molar-refractivity contribution is 8.00. The molecule has 1 heterocycles. The average molecular weight is 415 g/mol. The van der Waals surface area contributed by atoms with Gasteiger partial charge in [0.25, 0.3) is 0 Å². The molecule has 0 aliphatic carbocycles. The molecule has 1 fully saturated rings. The van der Waals surface area contributed by atoms with Gasteiger partial charge in [-0.3, -0.25) is 4.79 Å². The van der Waals surface area contributed by atoms with Gasteiger partial charge in [-0.05, 0) is 68.8 Å². The van der Waals surface area contributed by atoms with Crippen molar-refractivity contribution in [2.24, 2.45) is 0 Å². The highest BCUT2D eigenvalue weighted by Gasteiger charge is 2.18. The molecule has 1 amide bonds. The number of likely N-dealkylation sites (tertiary alicyclic amines) is 1. The maximum atomic E-state index is 12.4. The van der Waals surface area contributed by atoms with Crippen molar-refractivity contribution in [2.75, 3.05) is 27.2 Å². The third-order valence-corrected chi connectivity index (χ3v) is 6.21. The van der Waals surface area contributed by atoms with Crippen LogP contribution in [0.25, 0.3) is 0 Å². The van der Waals surface area contributed by atoms with Gasteiger partial charge in [0, 0.05) is 24.5 Å². The van der Waals surface area contributed by atoms with Crippen molar-refractivity contribution in [1.29, 1.82) is 0 Å². The number of rotatable bonds is 8. The third-order valence-electron chi connectivity index (χ3n) is 5.10. The number of carbonyl (C=O) groups excluding carboxylic acids is 1. The predicted molar refractivity (Wildman–Crippen MR) is 118 cm³/mol. The summed E-state index contributed by atoms with van der Waals surface area (Å²) in [5.74, 6) is 1.74. The summed E-state index contributed by atoms with van der Waals surface area (Å²) in [6.07, 6.45) is 2.43. The smallest absolute Gasteiger partial charge is 0.233 e. The van der Waals surface area contributed by atoms with E-state index in [1.807, 2.05) is 55.5 Å². The molecule has 6 heteroatoms. The predicted octanol–water partition coefficient (Wildman–Crippen LogP) is 3.97. The molecule has 1 aliphatic rings. The average Bonchev–Trinajstić information content (AvgIpc) is 2.75. The Kier molecular flexibility index (Phi) is 7.83. The zero-order chi connectivity index (χ0) is 20.6. The van der Waals surface area contributed by atoms with Gasteiger partial charge in [0.15, 0.2) is 0 Å². The summed E-state index contributed by atoms with van der Waals surface area (Å²) in [7, 11) is 3.79. The Morgan fingerprint density at radius 3 is 2.34 bits per heavy atom. The first-order valence-corrected chi connectivity index (χ1v) is 10.9. The van der Waals surface area contributed by atoms with Crippen molar-refractivity contribution in [3.63, 3.8) is 0 Å². The second-order valence-electron chi connectivity index (χ2n) is 7.42. The molecule has 2 aromatic carbocycles. The molecule has 1 atom stereocenters. The van der Waals surface area contributed by atoms with Crippen LogP contribution in [0, 0.1) is 0 Å². The minimum absolute atomic E-state index is 0.0254. The molecule has 0 radical (unpaired) electrons. The molecule has 0 saturated carbocycles. The number of amides is 1. The number of thioether (sulfide) groups is 1. The molecular weight excluding hydrogens is 384 g/mol. The number of ether oxygens (including phenoxy) is 2. The number of hydrogen-bond donors (Lipinski definition) is 1. The van der Waals surface area contributed by atoms with Crippen LogP contribution in [0.1, 0.15) is 25.3 Å². The largest absolute Gasteiger partial charge is 0.497 e. The molecule has 2 aromatic rings. The number of nitrogens with zero attached hydrogens (tertiary/aromatic N) is 1. The van der Waals surface area contributed by atoms with E-state index in [2.05, 4.69) is 17.3 Å². The van der Waals surface area contributed by atoms with Crippen molar-refractivity contribution >= 4 is 17.7 Å². The molecule has 0 aromatic heterocycles. The van der Waals surface area contributed by atoms with Crippen LogP contribution in [0.3, 0.4) is 0 Å². The van der Waals surface area contributed by atoms with Gasteiger partial charge in [0.05, 0.1) is 12.4 Å². The van der Waals surface area contributed by atoms with Crippen molar-refractivity contribution < 1.29 is 14.3 Å². The number of piperidine rings is 1. The van der Waals surface area contributed by atoms with E-state index < -0.39 is 0 Å². The Hall–Kier alpha value is -2.18. The van der Waals surface area contributed by atoms with E-state index in [9.17, 15) is 4.79 Å². The summed E-state index contributed by atoms with van der Waals surface area (Å²) >= 11 is 1.54. The Morgan fingerprint density at radius 1 is 1.10 bits per heavy atom. The van der Waals surface area contributed by atoms with Gasteiger partial charge >= 0.3 is 0 Å². The molecule has 0 unspecified atom stereocenters. The Balaban J connectivity index is 1.43. The third kappa shape index (κ3) is 6.68. The van der Waals surface area contributed by atoms with Gasteiger partial charge in [-0.15, -0.1) is 11.8 Å². The van der Waals surface area contributed by atoms with Gasteiger partial charge in [0.1, 0.15) is 17.6 Å². The monoisotopic (exact) mass is 414 g/mol. The zero-order valence-electron chi connectivity index (χ0n) is 17.4. The lowest BCUT2D eigenvalue weighted by Gasteiger charge is -2.29. The first-order chi connectivity index (χ1) is 14.0. The van der Waals surface area contributed by atoms with Crippen LogP contribution < -0.4 is 14.8 Å². The standard InChI is InChI=1S/C23H30N2O3S/c1-17(29-22-10-8-19(27-3)9-11-22)23(26)24-16-18-4-6-20(7-5-18)28-21-12-14-25(2)15-13-21/h4-11,17,21H,12-16H2,1-3H3,(H,24,26)/t17-/m1/s1. The Morgan fingerprint density at radius 2 is 1.72 bits per heavy atom. The van der Waals surface area contributed by atoms with Crippen LogP contribution in [0.15, 0.2) is 53.4 Å². The SMILES string of the molecule is COc1ccc(S[C@H](C)C(=O)NCc2ccc(OC3CCN(C)CC3)cc2)cc1. The lowest BCUT2D eigenvalue weighted by molar-refractivity contribution is -0.120. The number of carbonyl (C=O) groups is 1. The van der Waals surface area contributed by atoms with Gasteiger partial charge in [-0.2, -0.15) is 0 Å². The Labute approximate surface area is 177 Å². The fourth-order valence-corrected chi connectivity index (χ4v) is 4.12. The van der Waals surface area contributed by atoms with Crippen LogP contribution in [0.2, 0.25) is 0 Å². The van der Waals surface area contributed by atoms with Gasteiger partial charge in [0.2, 0.25) is 5.91 Å². The topological polar surface area (TPSA) is 50.8 Å². The molecular formula is C23H30N2O3S. The zero-order valence-corrected chi connectivity index (χ0v) is 18.2. The van der Waals surface area contributed by atoms with Crippen LogP contribution in [0.4, 0.5) is 0 Å². The first kappa shape index (κ1) is 21.5. The second kappa shape index (κ2) is 10.6. The summed E-state index contributed by atoms with van der Waals surface area (Å²) in [5, 5.41) is 2.85. The number of nitrogens with one attached hydrogen (secondary N) is 1. The van der Waals surface area contributed by atoms with E-state index >= 15 is 0 Å². The lowest BCUT2D eigenvalue weighted by atomic mass is 10.1. The molecule has 0 spiro atoms. The molecule has 29 heavy (non-hydrogen) atoms. The molecule has 1 saturated heterocycles. The molecule has 0 bridgehead atoms. The van der Waals surface area contributed by atoms with Crippen LogP contribution in [-0.2, 0) is 11.3 Å². The number of benzene rings is 2. The maximum Gasteiger partial charge on any atom is 0.233 e. The van der Waals surface area contributed by atoms with E-state index in [4.69, 9.17) is 9.47 Å². The van der Waals surface area contributed by atoms with Crippen molar-refractivity contribution in [3.8, 4) is 11.5 Å². The summed E-state index contributed by atoms with van der Waals surface area (Å²) < 4.78 is 11.2. The fourth-order valence-electron chi connectivity index (χ4n) is 3.23. The first-order valence-electron chi connectivity index (χ1n) is 10.1. The highest BCUT2D eigenvalue weighted by Crippen LogP contribution is 2.25.